The number of carbonyl (C=O) groups is 1. The Morgan fingerprint density at radius 3 is 2.67 bits per heavy atom. The molecule has 1 saturated heterocycles. The number of sulfonamides is 1. The van der Waals surface area contributed by atoms with Crippen molar-refractivity contribution in [3.8, 4) is 0 Å². The monoisotopic (exact) mass is 432 g/mol. The maximum absolute atomic E-state index is 12.5. The van der Waals surface area contributed by atoms with Gasteiger partial charge >= 0.3 is 0 Å². The second kappa shape index (κ2) is 7.95. The van der Waals surface area contributed by atoms with Crippen LogP contribution < -0.4 is 4.72 Å². The molecule has 1 amide bonds. The van der Waals surface area contributed by atoms with E-state index in [1.807, 2.05) is 12.1 Å². The van der Waals surface area contributed by atoms with Crippen molar-refractivity contribution >= 4 is 15.9 Å². The van der Waals surface area contributed by atoms with E-state index in [1.54, 1.807) is 24.2 Å². The van der Waals surface area contributed by atoms with Crippen LogP contribution in [-0.2, 0) is 27.9 Å². The van der Waals surface area contributed by atoms with E-state index in [4.69, 9.17) is 9.05 Å². The molecule has 30 heavy (non-hydrogen) atoms. The third-order valence-corrected chi connectivity index (χ3v) is 6.50. The van der Waals surface area contributed by atoms with Crippen LogP contribution in [0.4, 0.5) is 0 Å². The fraction of sp³-hybridized carbons (Fsp3) is 0.389. The van der Waals surface area contributed by atoms with Gasteiger partial charge in [0.2, 0.25) is 21.8 Å². The summed E-state index contributed by atoms with van der Waals surface area (Å²) in [5, 5.41) is 7.51. The third-order valence-electron chi connectivity index (χ3n) is 4.86. The number of hydrogen-bond donors (Lipinski definition) is 1. The van der Waals surface area contributed by atoms with Crippen molar-refractivity contribution < 1.29 is 22.3 Å². The summed E-state index contributed by atoms with van der Waals surface area (Å²) in [6.45, 7) is 3.31. The lowest BCUT2D eigenvalue weighted by Gasteiger charge is -2.21. The number of rotatable bonds is 7. The van der Waals surface area contributed by atoms with Crippen LogP contribution in [0.2, 0.25) is 0 Å². The largest absolute Gasteiger partial charge is 0.360 e. The van der Waals surface area contributed by atoms with Crippen LogP contribution in [0, 0.1) is 13.8 Å². The normalized spacial score (nSPS) is 17.1. The molecule has 3 aromatic rings. The van der Waals surface area contributed by atoms with Gasteiger partial charge in [0.1, 0.15) is 16.6 Å². The zero-order valence-corrected chi connectivity index (χ0v) is 17.2. The van der Waals surface area contributed by atoms with E-state index in [9.17, 15) is 13.2 Å². The topological polar surface area (TPSA) is 144 Å². The lowest BCUT2D eigenvalue weighted by Crippen LogP contribution is -2.27. The zero-order valence-electron chi connectivity index (χ0n) is 16.4. The van der Waals surface area contributed by atoms with Crippen molar-refractivity contribution in [2.24, 2.45) is 0 Å². The maximum Gasteiger partial charge on any atom is 0.249 e. The SMILES string of the molecule is Cc1noc(C)c1S(=O)(=O)NCc1noc([C@@H]2CCC(=O)N2Cc2ccncc2)n1. The van der Waals surface area contributed by atoms with E-state index < -0.39 is 10.0 Å². The average molecular weight is 432 g/mol. The Morgan fingerprint density at radius 1 is 1.20 bits per heavy atom. The van der Waals surface area contributed by atoms with Gasteiger partial charge < -0.3 is 13.9 Å². The summed E-state index contributed by atoms with van der Waals surface area (Å²) in [5.41, 5.74) is 1.21. The van der Waals surface area contributed by atoms with Crippen LogP contribution in [0.3, 0.4) is 0 Å². The number of carbonyl (C=O) groups excluding carboxylic acids is 1. The van der Waals surface area contributed by atoms with Gasteiger partial charge in [-0.3, -0.25) is 9.78 Å². The van der Waals surface area contributed by atoms with E-state index in [1.165, 1.54) is 6.92 Å². The Bertz CT molecular complexity index is 1140. The highest BCUT2D eigenvalue weighted by Gasteiger charge is 2.36. The molecule has 0 saturated carbocycles. The predicted octanol–water partition coefficient (Wildman–Crippen LogP) is 1.41. The van der Waals surface area contributed by atoms with Crippen LogP contribution in [0.5, 0.6) is 0 Å². The Morgan fingerprint density at radius 2 is 1.97 bits per heavy atom. The molecular formula is C18H20N6O5S. The quantitative estimate of drug-likeness (QED) is 0.586. The summed E-state index contributed by atoms with van der Waals surface area (Å²) in [5.74, 6) is 0.644. The molecule has 0 spiro atoms. The lowest BCUT2D eigenvalue weighted by molar-refractivity contribution is -0.130. The highest BCUT2D eigenvalue weighted by molar-refractivity contribution is 7.89. The summed E-state index contributed by atoms with van der Waals surface area (Å²) < 4.78 is 37.7. The molecule has 4 heterocycles. The van der Waals surface area contributed by atoms with Gasteiger partial charge in [0.05, 0.1) is 6.54 Å². The second-order valence-corrected chi connectivity index (χ2v) is 8.66. The first-order valence-electron chi connectivity index (χ1n) is 9.28. The van der Waals surface area contributed by atoms with E-state index in [-0.39, 0.29) is 46.6 Å². The molecule has 0 bridgehead atoms. The van der Waals surface area contributed by atoms with Crippen molar-refractivity contribution in [1.82, 2.24) is 29.9 Å². The van der Waals surface area contributed by atoms with Crippen molar-refractivity contribution in [2.45, 2.75) is 50.7 Å². The van der Waals surface area contributed by atoms with Crippen LogP contribution in [0.1, 0.15) is 47.6 Å². The number of amides is 1. The molecule has 158 valence electrons. The number of aromatic nitrogens is 4. The Kier molecular flexibility index (Phi) is 5.35. The Balaban J connectivity index is 1.46. The molecule has 0 radical (unpaired) electrons. The highest BCUT2D eigenvalue weighted by Crippen LogP contribution is 2.33. The van der Waals surface area contributed by atoms with Gasteiger partial charge in [-0.25, -0.2) is 13.1 Å². The maximum atomic E-state index is 12.5. The first kappa shape index (κ1) is 20.2. The zero-order chi connectivity index (χ0) is 21.3. The van der Waals surface area contributed by atoms with Crippen LogP contribution >= 0.6 is 0 Å². The van der Waals surface area contributed by atoms with E-state index in [0.29, 0.717) is 19.4 Å². The number of nitrogens with one attached hydrogen (secondary N) is 1. The van der Waals surface area contributed by atoms with Gasteiger partial charge in [-0.15, -0.1) is 0 Å². The minimum Gasteiger partial charge on any atom is -0.360 e. The van der Waals surface area contributed by atoms with E-state index in [2.05, 4.69) is 25.0 Å². The van der Waals surface area contributed by atoms with Gasteiger partial charge in [0.15, 0.2) is 11.6 Å². The molecule has 0 aromatic carbocycles. The summed E-state index contributed by atoms with van der Waals surface area (Å²) in [4.78, 5) is 22.3. The van der Waals surface area contributed by atoms with E-state index in [0.717, 1.165) is 5.56 Å². The van der Waals surface area contributed by atoms with Gasteiger partial charge in [-0.1, -0.05) is 10.3 Å². The lowest BCUT2D eigenvalue weighted by atomic mass is 10.2. The third kappa shape index (κ3) is 3.96. The Labute approximate surface area is 172 Å². The molecule has 11 nitrogen and oxygen atoms in total. The number of aryl methyl sites for hydroxylation is 2. The number of likely N-dealkylation sites (tertiary alicyclic amines) is 1. The minimum absolute atomic E-state index is 0.00358. The van der Waals surface area contributed by atoms with Crippen LogP contribution in [0.15, 0.2) is 38.5 Å². The number of hydrogen-bond acceptors (Lipinski definition) is 9. The van der Waals surface area contributed by atoms with Crippen molar-refractivity contribution in [2.75, 3.05) is 0 Å². The summed E-state index contributed by atoms with van der Waals surface area (Å²) in [6.07, 6.45) is 4.27. The van der Waals surface area contributed by atoms with Gasteiger partial charge in [0.25, 0.3) is 0 Å². The second-order valence-electron chi connectivity index (χ2n) is 6.96. The van der Waals surface area contributed by atoms with Crippen molar-refractivity contribution in [3.05, 3.63) is 53.3 Å². The molecule has 1 aliphatic rings. The van der Waals surface area contributed by atoms with Crippen molar-refractivity contribution in [3.63, 3.8) is 0 Å². The molecular weight excluding hydrogens is 412 g/mol. The van der Waals surface area contributed by atoms with Crippen LogP contribution in [-0.4, -0.2) is 39.5 Å². The average Bonchev–Trinajstić information content (AvgIpc) is 3.41. The number of nitrogens with zero attached hydrogens (tertiary/aromatic N) is 5. The number of pyridine rings is 1. The smallest absolute Gasteiger partial charge is 0.249 e. The van der Waals surface area contributed by atoms with Gasteiger partial charge in [-0.05, 0) is 38.0 Å². The van der Waals surface area contributed by atoms with Crippen molar-refractivity contribution in [1.29, 1.82) is 0 Å². The molecule has 0 aliphatic carbocycles. The molecule has 0 unspecified atom stereocenters. The highest BCUT2D eigenvalue weighted by atomic mass is 32.2. The summed E-state index contributed by atoms with van der Waals surface area (Å²) >= 11 is 0. The first-order chi connectivity index (χ1) is 14.3. The Hall–Kier alpha value is -3.12. The summed E-state index contributed by atoms with van der Waals surface area (Å²) in [6, 6.07) is 3.32. The standard InChI is InChI=1S/C18H20N6O5S/c1-11-17(12(2)28-22-11)30(26,27)20-9-15-21-18(29-23-15)14-3-4-16(25)24(14)10-13-5-7-19-8-6-13/h5-8,14,20H,3-4,9-10H2,1-2H3/t14-/m0/s1. The summed E-state index contributed by atoms with van der Waals surface area (Å²) in [7, 11) is -3.84. The first-order valence-corrected chi connectivity index (χ1v) is 10.8. The molecule has 3 aromatic heterocycles. The molecule has 1 fully saturated rings. The van der Waals surface area contributed by atoms with Crippen LogP contribution in [0.25, 0.3) is 0 Å². The molecule has 4 rings (SSSR count). The fourth-order valence-electron chi connectivity index (χ4n) is 3.44. The van der Waals surface area contributed by atoms with E-state index >= 15 is 0 Å². The predicted molar refractivity (Wildman–Crippen MR) is 101 cm³/mol. The minimum atomic E-state index is -3.84. The van der Waals surface area contributed by atoms with Gasteiger partial charge in [-0.2, -0.15) is 4.98 Å². The molecule has 1 aliphatic heterocycles. The fourth-order valence-corrected chi connectivity index (χ4v) is 4.74. The molecule has 1 atom stereocenters. The molecule has 1 N–H and O–H groups in total. The van der Waals surface area contributed by atoms with Gasteiger partial charge in [0, 0.05) is 25.4 Å². The molecule has 12 heteroatoms.